The minimum Gasteiger partial charge on any atom is -0.469 e. The quantitative estimate of drug-likeness (QED) is 0.831. The lowest BCUT2D eigenvalue weighted by molar-refractivity contribution is -0.145. The van der Waals surface area contributed by atoms with Crippen LogP contribution in [0.1, 0.15) is 11.7 Å². The van der Waals surface area contributed by atoms with E-state index in [1.165, 1.54) is 7.11 Å². The highest BCUT2D eigenvalue weighted by molar-refractivity contribution is 9.10. The number of hydrogen-bond acceptors (Lipinski definition) is 4. The topological polar surface area (TPSA) is 51.5 Å². The standard InChI is InChI=1S/C10H12BrNO3/c1-14-10(13)7-5-12-4-6(7)8-2-3-9(11)15-8/h2-3,6-7,12H,4-5H2,1H3/t6-,7+/m0/s1. The van der Waals surface area contributed by atoms with Gasteiger partial charge in [-0.05, 0) is 28.1 Å². The van der Waals surface area contributed by atoms with Gasteiger partial charge < -0.3 is 14.5 Å². The summed E-state index contributed by atoms with van der Waals surface area (Å²) < 4.78 is 10.9. The fourth-order valence-electron chi connectivity index (χ4n) is 1.90. The third-order valence-corrected chi connectivity index (χ3v) is 3.10. The number of carbonyl (C=O) groups excluding carboxylic acids is 1. The summed E-state index contributed by atoms with van der Waals surface area (Å²) in [6.45, 7) is 1.40. The lowest BCUT2D eigenvalue weighted by Crippen LogP contribution is -2.22. The summed E-state index contributed by atoms with van der Waals surface area (Å²) in [7, 11) is 1.41. The molecule has 0 saturated carbocycles. The van der Waals surface area contributed by atoms with Crippen LogP contribution in [0.2, 0.25) is 0 Å². The van der Waals surface area contributed by atoms with E-state index in [1.54, 1.807) is 0 Å². The molecule has 0 amide bonds. The van der Waals surface area contributed by atoms with Crippen molar-refractivity contribution >= 4 is 21.9 Å². The Hall–Kier alpha value is -0.810. The maximum absolute atomic E-state index is 11.5. The van der Waals surface area contributed by atoms with Crippen LogP contribution in [0.25, 0.3) is 0 Å². The maximum Gasteiger partial charge on any atom is 0.310 e. The van der Waals surface area contributed by atoms with Gasteiger partial charge in [0.15, 0.2) is 4.67 Å². The molecule has 1 aromatic heterocycles. The number of ether oxygens (including phenoxy) is 1. The smallest absolute Gasteiger partial charge is 0.310 e. The molecule has 0 radical (unpaired) electrons. The van der Waals surface area contributed by atoms with Gasteiger partial charge in [-0.3, -0.25) is 4.79 Å². The first-order valence-electron chi connectivity index (χ1n) is 4.76. The van der Waals surface area contributed by atoms with Gasteiger partial charge in [0.1, 0.15) is 5.76 Å². The van der Waals surface area contributed by atoms with Gasteiger partial charge in [-0.15, -0.1) is 0 Å². The Labute approximate surface area is 96.1 Å². The number of halogens is 1. The van der Waals surface area contributed by atoms with Crippen LogP contribution >= 0.6 is 15.9 Å². The predicted molar refractivity (Wildman–Crippen MR) is 57.5 cm³/mol. The molecule has 1 fully saturated rings. The van der Waals surface area contributed by atoms with Gasteiger partial charge in [0.25, 0.3) is 0 Å². The SMILES string of the molecule is COC(=O)[C@@H]1CNC[C@@H]1c1ccc(Br)o1. The fourth-order valence-corrected chi connectivity index (χ4v) is 2.22. The molecule has 2 atom stereocenters. The summed E-state index contributed by atoms with van der Waals surface area (Å²) >= 11 is 3.25. The average molecular weight is 274 g/mol. The Morgan fingerprint density at radius 2 is 2.40 bits per heavy atom. The molecule has 0 aliphatic carbocycles. The van der Waals surface area contributed by atoms with Gasteiger partial charge in [0.2, 0.25) is 0 Å². The number of esters is 1. The molecule has 1 aromatic rings. The van der Waals surface area contributed by atoms with Crippen LogP contribution in [-0.2, 0) is 9.53 Å². The van der Waals surface area contributed by atoms with Crippen molar-refractivity contribution in [1.29, 1.82) is 0 Å². The zero-order valence-electron chi connectivity index (χ0n) is 8.33. The molecule has 2 rings (SSSR count). The molecule has 1 N–H and O–H groups in total. The molecule has 82 valence electrons. The van der Waals surface area contributed by atoms with Crippen LogP contribution in [-0.4, -0.2) is 26.2 Å². The van der Waals surface area contributed by atoms with Crippen molar-refractivity contribution in [3.8, 4) is 0 Å². The van der Waals surface area contributed by atoms with Crippen molar-refractivity contribution in [3.63, 3.8) is 0 Å². The fraction of sp³-hybridized carbons (Fsp3) is 0.500. The molecule has 1 aliphatic rings. The molecule has 0 aromatic carbocycles. The van der Waals surface area contributed by atoms with E-state index in [1.807, 2.05) is 12.1 Å². The summed E-state index contributed by atoms with van der Waals surface area (Å²) in [4.78, 5) is 11.5. The van der Waals surface area contributed by atoms with Crippen molar-refractivity contribution in [3.05, 3.63) is 22.6 Å². The largest absolute Gasteiger partial charge is 0.469 e. The molecular weight excluding hydrogens is 262 g/mol. The summed E-state index contributed by atoms with van der Waals surface area (Å²) in [5.74, 6) is 0.566. The Morgan fingerprint density at radius 1 is 1.60 bits per heavy atom. The van der Waals surface area contributed by atoms with E-state index in [0.29, 0.717) is 11.2 Å². The monoisotopic (exact) mass is 273 g/mol. The first-order valence-corrected chi connectivity index (χ1v) is 5.55. The number of carbonyl (C=O) groups is 1. The molecule has 1 saturated heterocycles. The summed E-state index contributed by atoms with van der Waals surface area (Å²) in [6.07, 6.45) is 0. The number of nitrogens with one attached hydrogen (secondary N) is 1. The van der Waals surface area contributed by atoms with E-state index >= 15 is 0 Å². The summed E-state index contributed by atoms with van der Waals surface area (Å²) in [5, 5.41) is 3.17. The van der Waals surface area contributed by atoms with E-state index < -0.39 is 0 Å². The van der Waals surface area contributed by atoms with Gasteiger partial charge in [0.05, 0.1) is 13.0 Å². The van der Waals surface area contributed by atoms with Crippen molar-refractivity contribution < 1.29 is 13.9 Å². The molecule has 5 heteroatoms. The van der Waals surface area contributed by atoms with Crippen LogP contribution in [0.3, 0.4) is 0 Å². The average Bonchev–Trinajstić information content (AvgIpc) is 2.84. The molecule has 4 nitrogen and oxygen atoms in total. The minimum atomic E-state index is -0.183. The molecule has 15 heavy (non-hydrogen) atoms. The van der Waals surface area contributed by atoms with Crippen LogP contribution in [0, 0.1) is 5.92 Å². The first-order chi connectivity index (χ1) is 7.22. The number of furan rings is 1. The van der Waals surface area contributed by atoms with Crippen molar-refractivity contribution in [1.82, 2.24) is 5.32 Å². The predicted octanol–water partition coefficient (Wildman–Crippen LogP) is 1.52. The molecule has 1 aliphatic heterocycles. The molecular formula is C10H12BrNO3. The summed E-state index contributed by atoms with van der Waals surface area (Å²) in [5.41, 5.74) is 0. The third-order valence-electron chi connectivity index (χ3n) is 2.68. The normalized spacial score (nSPS) is 25.5. The second kappa shape index (κ2) is 4.37. The van der Waals surface area contributed by atoms with Crippen molar-refractivity contribution in [2.45, 2.75) is 5.92 Å². The van der Waals surface area contributed by atoms with E-state index in [-0.39, 0.29) is 17.8 Å². The maximum atomic E-state index is 11.5. The van der Waals surface area contributed by atoms with E-state index in [0.717, 1.165) is 12.3 Å². The zero-order valence-corrected chi connectivity index (χ0v) is 9.91. The highest BCUT2D eigenvalue weighted by Crippen LogP contribution is 2.31. The Bertz CT molecular complexity index is 363. The summed E-state index contributed by atoms with van der Waals surface area (Å²) in [6, 6.07) is 3.72. The van der Waals surface area contributed by atoms with E-state index in [4.69, 9.17) is 9.15 Å². The Morgan fingerprint density at radius 3 is 3.00 bits per heavy atom. The van der Waals surface area contributed by atoms with Gasteiger partial charge in [-0.25, -0.2) is 0 Å². The van der Waals surface area contributed by atoms with Gasteiger partial charge in [-0.2, -0.15) is 0 Å². The van der Waals surface area contributed by atoms with Gasteiger partial charge in [0, 0.05) is 19.0 Å². The van der Waals surface area contributed by atoms with E-state index in [2.05, 4.69) is 21.2 Å². The lowest BCUT2D eigenvalue weighted by atomic mass is 9.94. The third kappa shape index (κ3) is 2.08. The van der Waals surface area contributed by atoms with Gasteiger partial charge >= 0.3 is 5.97 Å². The van der Waals surface area contributed by atoms with Crippen LogP contribution in [0.4, 0.5) is 0 Å². The molecule has 0 unspecified atom stereocenters. The number of methoxy groups -OCH3 is 1. The minimum absolute atomic E-state index is 0.0729. The highest BCUT2D eigenvalue weighted by atomic mass is 79.9. The zero-order chi connectivity index (χ0) is 10.8. The van der Waals surface area contributed by atoms with Crippen molar-refractivity contribution in [2.24, 2.45) is 5.92 Å². The number of rotatable bonds is 2. The van der Waals surface area contributed by atoms with Crippen molar-refractivity contribution in [2.75, 3.05) is 20.2 Å². The second-order valence-electron chi connectivity index (χ2n) is 3.54. The van der Waals surface area contributed by atoms with Crippen LogP contribution in [0.15, 0.2) is 21.2 Å². The number of hydrogen-bond donors (Lipinski definition) is 1. The van der Waals surface area contributed by atoms with Gasteiger partial charge in [-0.1, -0.05) is 0 Å². The molecule has 0 bridgehead atoms. The van der Waals surface area contributed by atoms with Crippen LogP contribution in [0.5, 0.6) is 0 Å². The Kier molecular flexibility index (Phi) is 3.11. The first kappa shape index (κ1) is 10.7. The lowest BCUT2D eigenvalue weighted by Gasteiger charge is -2.13. The van der Waals surface area contributed by atoms with E-state index in [9.17, 15) is 4.79 Å². The second-order valence-corrected chi connectivity index (χ2v) is 4.32. The molecule has 0 spiro atoms. The van der Waals surface area contributed by atoms with Crippen LogP contribution < -0.4 is 5.32 Å². The molecule has 2 heterocycles. The Balaban J connectivity index is 2.18. The highest BCUT2D eigenvalue weighted by Gasteiger charge is 2.36.